The van der Waals surface area contributed by atoms with E-state index in [0.29, 0.717) is 11.8 Å². The Kier molecular flexibility index (Phi) is 5.45. The van der Waals surface area contributed by atoms with E-state index in [1.807, 2.05) is 11.9 Å². The molecule has 1 amide bonds. The molecule has 0 aromatic rings. The monoisotopic (exact) mass is 254 g/mol. The van der Waals surface area contributed by atoms with Gasteiger partial charge in [0.25, 0.3) is 0 Å². The number of carbonyl (C=O) groups is 1. The lowest BCUT2D eigenvalue weighted by molar-refractivity contribution is -0.131. The van der Waals surface area contributed by atoms with Crippen molar-refractivity contribution in [2.45, 2.75) is 32.1 Å². The van der Waals surface area contributed by atoms with Crippen molar-refractivity contribution >= 4 is 5.91 Å². The van der Waals surface area contributed by atoms with Crippen LogP contribution in [0.5, 0.6) is 0 Å². The molecule has 2 aliphatic rings. The first-order chi connectivity index (χ1) is 8.75. The molecule has 2 fully saturated rings. The van der Waals surface area contributed by atoms with E-state index < -0.39 is 0 Å². The van der Waals surface area contributed by atoms with E-state index in [-0.39, 0.29) is 0 Å². The number of hydrogen-bond acceptors (Lipinski definition) is 3. The van der Waals surface area contributed by atoms with Crippen LogP contribution in [0.2, 0.25) is 0 Å². The predicted molar refractivity (Wildman–Crippen MR) is 71.4 cm³/mol. The molecule has 4 nitrogen and oxygen atoms in total. The molecular weight excluding hydrogens is 228 g/mol. The van der Waals surface area contributed by atoms with Gasteiger partial charge in [0.2, 0.25) is 5.91 Å². The van der Waals surface area contributed by atoms with Gasteiger partial charge in [0.15, 0.2) is 0 Å². The van der Waals surface area contributed by atoms with Crippen LogP contribution < -0.4 is 5.32 Å². The third-order valence-electron chi connectivity index (χ3n) is 4.27. The summed E-state index contributed by atoms with van der Waals surface area (Å²) in [5.74, 6) is 1.63. The number of nitrogens with one attached hydrogen (secondary N) is 1. The van der Waals surface area contributed by atoms with Crippen molar-refractivity contribution in [2.24, 2.45) is 11.8 Å². The lowest BCUT2D eigenvalue weighted by Gasteiger charge is -2.25. The van der Waals surface area contributed by atoms with Gasteiger partial charge in [-0.2, -0.15) is 0 Å². The number of carbonyl (C=O) groups excluding carboxylic acids is 1. The fraction of sp³-hybridized carbons (Fsp3) is 0.929. The second kappa shape index (κ2) is 7.10. The number of nitrogens with zero attached hydrogens (tertiary/aromatic N) is 1. The van der Waals surface area contributed by atoms with Gasteiger partial charge in [0.1, 0.15) is 0 Å². The van der Waals surface area contributed by atoms with Crippen molar-refractivity contribution in [3.05, 3.63) is 0 Å². The quantitative estimate of drug-likeness (QED) is 0.803. The van der Waals surface area contributed by atoms with Crippen molar-refractivity contribution < 1.29 is 9.53 Å². The number of rotatable bonds is 5. The molecule has 2 rings (SSSR count). The standard InChI is InChI=1S/C14H26N2O2/c1-16(7-3-12-4-8-18-9-5-12)14(17)10-13-2-6-15-11-13/h12-13,15H,2-11H2,1H3. The summed E-state index contributed by atoms with van der Waals surface area (Å²) >= 11 is 0. The topological polar surface area (TPSA) is 41.6 Å². The van der Waals surface area contributed by atoms with Gasteiger partial charge >= 0.3 is 0 Å². The first-order valence-corrected chi connectivity index (χ1v) is 7.28. The molecule has 2 heterocycles. The van der Waals surface area contributed by atoms with Crippen molar-refractivity contribution in [3.8, 4) is 0 Å². The van der Waals surface area contributed by atoms with Crippen LogP contribution in [0.4, 0.5) is 0 Å². The highest BCUT2D eigenvalue weighted by atomic mass is 16.5. The SMILES string of the molecule is CN(CCC1CCOCC1)C(=O)CC1CCNC1. The molecule has 0 bridgehead atoms. The van der Waals surface area contributed by atoms with Crippen LogP contribution in [0.1, 0.15) is 32.1 Å². The summed E-state index contributed by atoms with van der Waals surface area (Å²) in [6.45, 7) is 4.79. The van der Waals surface area contributed by atoms with E-state index in [1.165, 1.54) is 0 Å². The van der Waals surface area contributed by atoms with Crippen molar-refractivity contribution in [1.29, 1.82) is 0 Å². The Hall–Kier alpha value is -0.610. The molecule has 0 spiro atoms. The van der Waals surface area contributed by atoms with Crippen molar-refractivity contribution in [2.75, 3.05) is 39.9 Å². The zero-order valence-corrected chi connectivity index (χ0v) is 11.5. The molecule has 0 radical (unpaired) electrons. The molecular formula is C14H26N2O2. The van der Waals surface area contributed by atoms with Gasteiger partial charge in [-0.15, -0.1) is 0 Å². The molecule has 0 aromatic heterocycles. The zero-order valence-electron chi connectivity index (χ0n) is 11.5. The molecule has 0 aromatic carbocycles. The Morgan fingerprint density at radius 3 is 2.72 bits per heavy atom. The van der Waals surface area contributed by atoms with Crippen LogP contribution >= 0.6 is 0 Å². The molecule has 104 valence electrons. The Balaban J connectivity index is 1.63. The smallest absolute Gasteiger partial charge is 0.222 e. The van der Waals surface area contributed by atoms with Crippen LogP contribution in [-0.4, -0.2) is 50.7 Å². The molecule has 2 aliphatic heterocycles. The summed E-state index contributed by atoms with van der Waals surface area (Å²) in [5, 5.41) is 3.32. The summed E-state index contributed by atoms with van der Waals surface area (Å²) in [5.41, 5.74) is 0. The number of ether oxygens (including phenoxy) is 1. The molecule has 1 atom stereocenters. The maximum Gasteiger partial charge on any atom is 0.222 e. The van der Waals surface area contributed by atoms with Gasteiger partial charge in [0, 0.05) is 33.2 Å². The lowest BCUT2D eigenvalue weighted by atomic mass is 9.96. The van der Waals surface area contributed by atoms with E-state index >= 15 is 0 Å². The summed E-state index contributed by atoms with van der Waals surface area (Å²) in [4.78, 5) is 14.0. The minimum atomic E-state index is 0.316. The fourth-order valence-corrected chi connectivity index (χ4v) is 2.83. The van der Waals surface area contributed by atoms with Crippen LogP contribution in [0.15, 0.2) is 0 Å². The molecule has 18 heavy (non-hydrogen) atoms. The minimum absolute atomic E-state index is 0.316. The maximum atomic E-state index is 12.0. The van der Waals surface area contributed by atoms with Gasteiger partial charge in [-0.3, -0.25) is 4.79 Å². The van der Waals surface area contributed by atoms with Crippen LogP contribution in [0.3, 0.4) is 0 Å². The first-order valence-electron chi connectivity index (χ1n) is 7.28. The van der Waals surface area contributed by atoms with Crippen LogP contribution in [0, 0.1) is 11.8 Å². The predicted octanol–water partition coefficient (Wildman–Crippen LogP) is 1.26. The average molecular weight is 254 g/mol. The highest BCUT2D eigenvalue weighted by Gasteiger charge is 2.21. The van der Waals surface area contributed by atoms with Crippen molar-refractivity contribution in [1.82, 2.24) is 10.2 Å². The number of amides is 1. The third-order valence-corrected chi connectivity index (χ3v) is 4.27. The number of hydrogen-bond donors (Lipinski definition) is 1. The lowest BCUT2D eigenvalue weighted by Crippen LogP contribution is -2.31. The van der Waals surface area contributed by atoms with E-state index in [9.17, 15) is 4.79 Å². The summed E-state index contributed by atoms with van der Waals surface area (Å²) in [7, 11) is 1.95. The van der Waals surface area contributed by atoms with Gasteiger partial charge in [0.05, 0.1) is 0 Å². The minimum Gasteiger partial charge on any atom is -0.381 e. The van der Waals surface area contributed by atoms with E-state index in [1.54, 1.807) is 0 Å². The Morgan fingerprint density at radius 1 is 1.28 bits per heavy atom. The van der Waals surface area contributed by atoms with Crippen LogP contribution in [0.25, 0.3) is 0 Å². The Morgan fingerprint density at radius 2 is 2.06 bits per heavy atom. The summed E-state index contributed by atoms with van der Waals surface area (Å²) in [6.07, 6.45) is 5.33. The van der Waals surface area contributed by atoms with E-state index in [4.69, 9.17) is 4.74 Å². The largest absolute Gasteiger partial charge is 0.381 e. The second-order valence-electron chi connectivity index (χ2n) is 5.72. The van der Waals surface area contributed by atoms with E-state index in [0.717, 1.165) is 70.9 Å². The van der Waals surface area contributed by atoms with Gasteiger partial charge in [-0.1, -0.05) is 0 Å². The van der Waals surface area contributed by atoms with E-state index in [2.05, 4.69) is 5.32 Å². The zero-order chi connectivity index (χ0) is 12.8. The van der Waals surface area contributed by atoms with Crippen LogP contribution in [-0.2, 0) is 9.53 Å². The van der Waals surface area contributed by atoms with Gasteiger partial charge in [-0.25, -0.2) is 0 Å². The maximum absolute atomic E-state index is 12.0. The molecule has 0 saturated carbocycles. The normalized spacial score (nSPS) is 25.3. The molecule has 0 aliphatic carbocycles. The highest BCUT2D eigenvalue weighted by molar-refractivity contribution is 5.76. The second-order valence-corrected chi connectivity index (χ2v) is 5.72. The Labute approximate surface area is 110 Å². The molecule has 4 heteroatoms. The molecule has 2 saturated heterocycles. The fourth-order valence-electron chi connectivity index (χ4n) is 2.83. The Bertz CT molecular complexity index is 259. The third kappa shape index (κ3) is 4.25. The highest BCUT2D eigenvalue weighted by Crippen LogP contribution is 2.19. The average Bonchev–Trinajstić information content (AvgIpc) is 2.90. The molecule has 1 unspecified atom stereocenters. The van der Waals surface area contributed by atoms with Gasteiger partial charge in [-0.05, 0) is 50.6 Å². The van der Waals surface area contributed by atoms with Gasteiger partial charge < -0.3 is 15.0 Å². The summed E-state index contributed by atoms with van der Waals surface area (Å²) < 4.78 is 5.36. The van der Waals surface area contributed by atoms with Crippen molar-refractivity contribution in [3.63, 3.8) is 0 Å². The first kappa shape index (κ1) is 13.8. The molecule has 1 N–H and O–H groups in total. The summed E-state index contributed by atoms with van der Waals surface area (Å²) in [6, 6.07) is 0.